The largest absolute Gasteiger partial charge is 0.308 e. The van der Waals surface area contributed by atoms with Crippen molar-refractivity contribution in [3.8, 4) is 10.4 Å². The zero-order valence-corrected chi connectivity index (χ0v) is 16.1. The molecule has 2 heterocycles. The second-order valence-corrected chi connectivity index (χ2v) is 8.40. The number of hydrogen-bond donors (Lipinski definition) is 2. The number of halogens is 1. The Morgan fingerprint density at radius 1 is 1.15 bits per heavy atom. The molecule has 4 nitrogen and oxygen atoms in total. The zero-order valence-electron chi connectivity index (χ0n) is 14.6. The number of benzene rings is 1. The van der Waals surface area contributed by atoms with Gasteiger partial charge in [0.05, 0.1) is 12.1 Å². The standard InChI is InChI=1S/C20H22ClN3OS/c21-14-9-7-13(8-10-14)17-11-16-19(26-17)20(25)24-18(23-16)12-22-15-5-3-1-2-4-6-15/h7-11,15,22H,1-6,12H2,(H,23,24,25). The molecule has 136 valence electrons. The van der Waals surface area contributed by atoms with Gasteiger partial charge in [0.15, 0.2) is 0 Å². The highest BCUT2D eigenvalue weighted by atomic mass is 35.5. The second kappa shape index (κ2) is 7.91. The van der Waals surface area contributed by atoms with Gasteiger partial charge in [0.2, 0.25) is 0 Å². The molecule has 1 aliphatic carbocycles. The van der Waals surface area contributed by atoms with E-state index in [2.05, 4.69) is 15.3 Å². The van der Waals surface area contributed by atoms with E-state index in [-0.39, 0.29) is 5.56 Å². The van der Waals surface area contributed by atoms with Crippen LogP contribution in [-0.2, 0) is 6.54 Å². The molecular formula is C20H22ClN3OS. The fourth-order valence-electron chi connectivity index (χ4n) is 3.55. The molecular weight excluding hydrogens is 366 g/mol. The Morgan fingerprint density at radius 2 is 1.88 bits per heavy atom. The first kappa shape index (κ1) is 17.7. The molecule has 6 heteroatoms. The fourth-order valence-corrected chi connectivity index (χ4v) is 4.68. The van der Waals surface area contributed by atoms with Crippen LogP contribution in [0.3, 0.4) is 0 Å². The van der Waals surface area contributed by atoms with Crippen LogP contribution in [0.25, 0.3) is 20.7 Å². The summed E-state index contributed by atoms with van der Waals surface area (Å²) in [6, 6.07) is 10.2. The van der Waals surface area contributed by atoms with Gasteiger partial charge in [-0.3, -0.25) is 4.79 Å². The number of nitrogens with zero attached hydrogens (tertiary/aromatic N) is 1. The van der Waals surface area contributed by atoms with Crippen LogP contribution in [0, 0.1) is 0 Å². The van der Waals surface area contributed by atoms with Gasteiger partial charge < -0.3 is 10.3 Å². The third kappa shape index (κ3) is 4.00. The van der Waals surface area contributed by atoms with Gasteiger partial charge in [0, 0.05) is 15.9 Å². The third-order valence-electron chi connectivity index (χ3n) is 4.97. The Hall–Kier alpha value is -1.69. The van der Waals surface area contributed by atoms with Crippen molar-refractivity contribution in [2.75, 3.05) is 0 Å². The van der Waals surface area contributed by atoms with Crippen molar-refractivity contribution < 1.29 is 0 Å². The fraction of sp³-hybridized carbons (Fsp3) is 0.400. The number of hydrogen-bond acceptors (Lipinski definition) is 4. The molecule has 1 saturated carbocycles. The van der Waals surface area contributed by atoms with Gasteiger partial charge in [-0.2, -0.15) is 0 Å². The Bertz CT molecular complexity index is 940. The predicted octanol–water partition coefficient (Wildman–Crippen LogP) is 5.12. The molecule has 4 rings (SSSR count). The van der Waals surface area contributed by atoms with E-state index in [0.29, 0.717) is 28.1 Å². The topological polar surface area (TPSA) is 57.8 Å². The number of thiophene rings is 1. The molecule has 0 amide bonds. The van der Waals surface area contributed by atoms with Crippen LogP contribution in [-0.4, -0.2) is 16.0 Å². The summed E-state index contributed by atoms with van der Waals surface area (Å²) in [7, 11) is 0. The van der Waals surface area contributed by atoms with Crippen LogP contribution in [0.5, 0.6) is 0 Å². The lowest BCUT2D eigenvalue weighted by molar-refractivity contribution is 0.453. The molecule has 1 aliphatic rings. The van der Waals surface area contributed by atoms with Gasteiger partial charge >= 0.3 is 0 Å². The van der Waals surface area contributed by atoms with Crippen molar-refractivity contribution in [1.82, 2.24) is 15.3 Å². The van der Waals surface area contributed by atoms with Crippen molar-refractivity contribution in [2.45, 2.75) is 51.1 Å². The molecule has 0 aliphatic heterocycles. The maximum absolute atomic E-state index is 12.5. The van der Waals surface area contributed by atoms with Crippen molar-refractivity contribution >= 4 is 33.2 Å². The first-order valence-electron chi connectivity index (χ1n) is 9.21. The van der Waals surface area contributed by atoms with Gasteiger partial charge in [0.1, 0.15) is 10.5 Å². The maximum Gasteiger partial charge on any atom is 0.268 e. The van der Waals surface area contributed by atoms with Gasteiger partial charge in [-0.15, -0.1) is 11.3 Å². The van der Waals surface area contributed by atoms with Crippen LogP contribution in [0.4, 0.5) is 0 Å². The van der Waals surface area contributed by atoms with E-state index in [1.807, 2.05) is 30.3 Å². The Balaban J connectivity index is 1.55. The summed E-state index contributed by atoms with van der Waals surface area (Å²) in [5, 5.41) is 4.28. The van der Waals surface area contributed by atoms with E-state index < -0.39 is 0 Å². The van der Waals surface area contributed by atoms with E-state index in [4.69, 9.17) is 11.6 Å². The summed E-state index contributed by atoms with van der Waals surface area (Å²) in [6.07, 6.45) is 7.67. The molecule has 2 aromatic heterocycles. The number of nitrogens with one attached hydrogen (secondary N) is 2. The zero-order chi connectivity index (χ0) is 17.9. The van der Waals surface area contributed by atoms with Gasteiger partial charge in [-0.05, 0) is 36.6 Å². The molecule has 0 spiro atoms. The summed E-state index contributed by atoms with van der Waals surface area (Å²) < 4.78 is 0.674. The SMILES string of the molecule is O=c1[nH]c(CNC2CCCCCC2)nc2cc(-c3ccc(Cl)cc3)sc12. The Labute approximate surface area is 161 Å². The summed E-state index contributed by atoms with van der Waals surface area (Å²) in [5.41, 5.74) is 1.76. The van der Waals surface area contributed by atoms with Crippen LogP contribution in [0.1, 0.15) is 44.3 Å². The Kier molecular flexibility index (Phi) is 5.38. The average molecular weight is 388 g/mol. The first-order chi connectivity index (χ1) is 12.7. The quantitative estimate of drug-likeness (QED) is 0.611. The lowest BCUT2D eigenvalue weighted by atomic mass is 10.1. The minimum atomic E-state index is -0.0575. The van der Waals surface area contributed by atoms with Gasteiger partial charge in [-0.1, -0.05) is 49.4 Å². The predicted molar refractivity (Wildman–Crippen MR) is 109 cm³/mol. The minimum absolute atomic E-state index is 0.0575. The highest BCUT2D eigenvalue weighted by molar-refractivity contribution is 7.22. The summed E-state index contributed by atoms with van der Waals surface area (Å²) in [6.45, 7) is 0.613. The molecule has 3 aromatic rings. The second-order valence-electron chi connectivity index (χ2n) is 6.91. The lowest BCUT2D eigenvalue weighted by Gasteiger charge is -2.15. The molecule has 26 heavy (non-hydrogen) atoms. The van der Waals surface area contributed by atoms with E-state index in [1.54, 1.807) is 0 Å². The van der Waals surface area contributed by atoms with Crippen LogP contribution in [0.15, 0.2) is 35.1 Å². The van der Waals surface area contributed by atoms with Gasteiger partial charge in [-0.25, -0.2) is 4.98 Å². The van der Waals surface area contributed by atoms with Crippen LogP contribution in [0.2, 0.25) is 5.02 Å². The van der Waals surface area contributed by atoms with E-state index in [9.17, 15) is 4.79 Å². The Morgan fingerprint density at radius 3 is 2.62 bits per heavy atom. The molecule has 0 bridgehead atoms. The van der Waals surface area contributed by atoms with E-state index in [0.717, 1.165) is 16.0 Å². The van der Waals surface area contributed by atoms with Crippen molar-refractivity contribution in [2.24, 2.45) is 0 Å². The summed E-state index contributed by atoms with van der Waals surface area (Å²) in [5.74, 6) is 0.715. The highest BCUT2D eigenvalue weighted by Gasteiger charge is 2.14. The molecule has 0 unspecified atom stereocenters. The summed E-state index contributed by atoms with van der Waals surface area (Å²) in [4.78, 5) is 21.1. The molecule has 1 aromatic carbocycles. The average Bonchev–Trinajstić information content (AvgIpc) is 2.90. The number of fused-ring (bicyclic) bond motifs is 1. The smallest absolute Gasteiger partial charge is 0.268 e. The number of aromatic amines is 1. The monoisotopic (exact) mass is 387 g/mol. The number of H-pyrrole nitrogens is 1. The number of rotatable bonds is 4. The van der Waals surface area contributed by atoms with Crippen LogP contribution < -0.4 is 10.9 Å². The first-order valence-corrected chi connectivity index (χ1v) is 10.4. The molecule has 1 fully saturated rings. The molecule has 0 saturated heterocycles. The third-order valence-corrected chi connectivity index (χ3v) is 6.40. The highest BCUT2D eigenvalue weighted by Crippen LogP contribution is 2.31. The lowest BCUT2D eigenvalue weighted by Crippen LogP contribution is -2.29. The maximum atomic E-state index is 12.5. The molecule has 0 atom stereocenters. The van der Waals surface area contributed by atoms with Crippen LogP contribution >= 0.6 is 22.9 Å². The summed E-state index contributed by atoms with van der Waals surface area (Å²) >= 11 is 7.43. The van der Waals surface area contributed by atoms with E-state index >= 15 is 0 Å². The normalized spacial score (nSPS) is 16.0. The van der Waals surface area contributed by atoms with Crippen molar-refractivity contribution in [3.63, 3.8) is 0 Å². The molecule has 2 N–H and O–H groups in total. The molecule has 0 radical (unpaired) electrons. The number of aromatic nitrogens is 2. The van der Waals surface area contributed by atoms with Crippen molar-refractivity contribution in [3.05, 3.63) is 51.5 Å². The minimum Gasteiger partial charge on any atom is -0.308 e. The van der Waals surface area contributed by atoms with Crippen molar-refractivity contribution in [1.29, 1.82) is 0 Å². The van der Waals surface area contributed by atoms with E-state index in [1.165, 1.54) is 49.9 Å². The van der Waals surface area contributed by atoms with Gasteiger partial charge in [0.25, 0.3) is 5.56 Å².